The zero-order chi connectivity index (χ0) is 24.8. The van der Waals surface area contributed by atoms with Gasteiger partial charge in [0.1, 0.15) is 0 Å². The number of nitrogens with two attached hydrogens (primary N) is 1. The molecule has 183 valence electrons. The number of benzene rings is 4. The Hall–Kier alpha value is -4.44. The summed E-state index contributed by atoms with van der Waals surface area (Å²) in [7, 11) is 0. The molecule has 7 aromatic rings. The second-order valence-corrected chi connectivity index (χ2v) is 9.02. The average molecular weight is 666 g/mol. The molecular formula is C33H21IrN4-. The van der Waals surface area contributed by atoms with E-state index in [-0.39, 0.29) is 20.1 Å². The minimum Gasteiger partial charge on any atom is -0.398 e. The molecule has 1 aliphatic rings. The van der Waals surface area contributed by atoms with Crippen LogP contribution in [0.15, 0.2) is 116 Å². The van der Waals surface area contributed by atoms with E-state index < -0.39 is 0 Å². The molecule has 0 amide bonds. The smallest absolute Gasteiger partial charge is 0.0985 e. The van der Waals surface area contributed by atoms with Crippen LogP contribution in [-0.4, -0.2) is 15.0 Å². The molecule has 1 aliphatic carbocycles. The molecule has 0 bridgehead atoms. The summed E-state index contributed by atoms with van der Waals surface area (Å²) < 4.78 is 0. The van der Waals surface area contributed by atoms with E-state index in [0.29, 0.717) is 0 Å². The number of nitrogens with zero attached hydrogens (tertiary/aromatic N) is 3. The van der Waals surface area contributed by atoms with Crippen LogP contribution >= 0.6 is 0 Å². The first-order valence-electron chi connectivity index (χ1n) is 12.2. The number of anilines is 1. The predicted octanol–water partition coefficient (Wildman–Crippen LogP) is 7.71. The summed E-state index contributed by atoms with van der Waals surface area (Å²) in [5.74, 6) is 0. The zero-order valence-corrected chi connectivity index (χ0v) is 22.6. The van der Waals surface area contributed by atoms with Crippen LogP contribution < -0.4 is 5.73 Å². The molecule has 4 nitrogen and oxygen atoms in total. The number of nitrogen functional groups attached to an aromatic ring is 1. The van der Waals surface area contributed by atoms with Crippen molar-refractivity contribution in [2.24, 2.45) is 0 Å². The van der Waals surface area contributed by atoms with E-state index >= 15 is 0 Å². The van der Waals surface area contributed by atoms with E-state index in [1.807, 2.05) is 48.5 Å². The third-order valence-electron chi connectivity index (χ3n) is 6.82. The Labute approximate surface area is 233 Å². The maximum atomic E-state index is 5.95. The molecule has 0 spiro atoms. The summed E-state index contributed by atoms with van der Waals surface area (Å²) in [5.41, 5.74) is 16.7. The van der Waals surface area contributed by atoms with Crippen LogP contribution in [0.3, 0.4) is 0 Å². The standard InChI is InChI=1S/C21H12N.C12H9N3.Ir/c1-2-7-14(8-3-1)20-13-18-16-10-5-4-9-15(16)17-11-6-12-19(22-20)21(17)18;13-10-7-8-3-1-5-14-11(8)12-9(10)4-2-6-15-12;/h1-7,9-13H;1-7H,13H2;/q-1;;. The third kappa shape index (κ3) is 3.93. The Kier molecular flexibility index (Phi) is 6.16. The van der Waals surface area contributed by atoms with Crippen molar-refractivity contribution < 1.29 is 20.1 Å². The van der Waals surface area contributed by atoms with E-state index in [9.17, 15) is 0 Å². The van der Waals surface area contributed by atoms with Gasteiger partial charge < -0.3 is 5.73 Å². The molecule has 4 aromatic carbocycles. The first-order valence-corrected chi connectivity index (χ1v) is 12.2. The van der Waals surface area contributed by atoms with E-state index in [0.717, 1.165) is 44.3 Å². The van der Waals surface area contributed by atoms with Crippen LogP contribution in [0.5, 0.6) is 0 Å². The minimum absolute atomic E-state index is 0. The Morgan fingerprint density at radius 3 is 2.18 bits per heavy atom. The zero-order valence-electron chi connectivity index (χ0n) is 20.2. The monoisotopic (exact) mass is 666 g/mol. The molecule has 0 aliphatic heterocycles. The van der Waals surface area contributed by atoms with Gasteiger partial charge in [-0.2, -0.15) is 0 Å². The van der Waals surface area contributed by atoms with Gasteiger partial charge in [0.25, 0.3) is 0 Å². The van der Waals surface area contributed by atoms with Gasteiger partial charge in [-0.05, 0) is 58.3 Å². The summed E-state index contributed by atoms with van der Waals surface area (Å²) in [6, 6.07) is 38.1. The molecule has 0 saturated carbocycles. The Bertz CT molecular complexity index is 1950. The fourth-order valence-corrected chi connectivity index (χ4v) is 5.17. The van der Waals surface area contributed by atoms with Gasteiger partial charge in [0.05, 0.1) is 16.6 Å². The molecule has 5 heteroatoms. The van der Waals surface area contributed by atoms with Crippen molar-refractivity contribution in [2.75, 3.05) is 5.73 Å². The molecule has 0 saturated heterocycles. The van der Waals surface area contributed by atoms with Crippen molar-refractivity contribution in [2.45, 2.75) is 0 Å². The van der Waals surface area contributed by atoms with E-state index in [1.165, 1.54) is 27.6 Å². The maximum absolute atomic E-state index is 5.95. The van der Waals surface area contributed by atoms with Gasteiger partial charge in [0.2, 0.25) is 0 Å². The summed E-state index contributed by atoms with van der Waals surface area (Å²) in [6.45, 7) is 0. The number of hydrogen-bond donors (Lipinski definition) is 1. The molecule has 3 aromatic heterocycles. The average Bonchev–Trinajstić information content (AvgIpc) is 3.29. The Balaban J connectivity index is 0.000000145. The SMILES string of the molecule is Nc1cc2cccnc2c2ncccc12.[Ir].[c-]1ccccc1-c1cc2c3c(cccc3n1)-c1ccccc1-2. The summed E-state index contributed by atoms with van der Waals surface area (Å²) in [6.07, 6.45) is 3.53. The first kappa shape index (κ1) is 23.9. The van der Waals surface area contributed by atoms with Crippen molar-refractivity contribution in [1.29, 1.82) is 0 Å². The number of pyridine rings is 3. The molecular weight excluding hydrogens is 645 g/mol. The fourth-order valence-electron chi connectivity index (χ4n) is 5.17. The second kappa shape index (κ2) is 9.79. The second-order valence-electron chi connectivity index (χ2n) is 9.02. The van der Waals surface area contributed by atoms with Crippen LogP contribution in [0, 0.1) is 6.07 Å². The first-order chi connectivity index (χ1) is 18.3. The summed E-state index contributed by atoms with van der Waals surface area (Å²) >= 11 is 0. The van der Waals surface area contributed by atoms with E-state index in [2.05, 4.69) is 70.6 Å². The van der Waals surface area contributed by atoms with Crippen LogP contribution in [0.4, 0.5) is 5.69 Å². The van der Waals surface area contributed by atoms with Gasteiger partial charge in [0.15, 0.2) is 0 Å². The van der Waals surface area contributed by atoms with Crippen molar-refractivity contribution in [1.82, 2.24) is 15.0 Å². The minimum atomic E-state index is 0. The van der Waals surface area contributed by atoms with Crippen LogP contribution in [0.2, 0.25) is 0 Å². The van der Waals surface area contributed by atoms with Gasteiger partial charge >= 0.3 is 0 Å². The Morgan fingerprint density at radius 2 is 1.37 bits per heavy atom. The van der Waals surface area contributed by atoms with E-state index in [4.69, 9.17) is 10.7 Å². The summed E-state index contributed by atoms with van der Waals surface area (Å²) in [4.78, 5) is 13.5. The third-order valence-corrected chi connectivity index (χ3v) is 6.82. The number of rotatable bonds is 1. The van der Waals surface area contributed by atoms with Crippen molar-refractivity contribution >= 4 is 38.4 Å². The van der Waals surface area contributed by atoms with Crippen molar-refractivity contribution in [3.63, 3.8) is 0 Å². The number of fused-ring (bicyclic) bond motifs is 6. The maximum Gasteiger partial charge on any atom is 0.0985 e. The number of hydrogen-bond acceptors (Lipinski definition) is 4. The topological polar surface area (TPSA) is 64.7 Å². The molecule has 8 rings (SSSR count). The van der Waals surface area contributed by atoms with Crippen LogP contribution in [-0.2, 0) is 20.1 Å². The van der Waals surface area contributed by atoms with Crippen LogP contribution in [0.25, 0.3) is 66.2 Å². The largest absolute Gasteiger partial charge is 0.398 e. The number of aromatic nitrogens is 3. The van der Waals surface area contributed by atoms with Gasteiger partial charge in [-0.25, -0.2) is 0 Å². The molecule has 1 radical (unpaired) electrons. The predicted molar refractivity (Wildman–Crippen MR) is 152 cm³/mol. The normalized spacial score (nSPS) is 11.1. The molecule has 3 heterocycles. The van der Waals surface area contributed by atoms with E-state index in [1.54, 1.807) is 12.4 Å². The molecule has 2 N–H and O–H groups in total. The van der Waals surface area contributed by atoms with Gasteiger partial charge in [-0.1, -0.05) is 48.5 Å². The van der Waals surface area contributed by atoms with Crippen molar-refractivity contribution in [3.8, 4) is 33.5 Å². The molecule has 0 fully saturated rings. The Morgan fingerprint density at radius 1 is 0.632 bits per heavy atom. The van der Waals surface area contributed by atoms with Gasteiger partial charge in [0, 0.05) is 54.3 Å². The molecule has 0 atom stereocenters. The van der Waals surface area contributed by atoms with Crippen LogP contribution in [0.1, 0.15) is 0 Å². The van der Waals surface area contributed by atoms with Gasteiger partial charge in [-0.15, -0.1) is 35.9 Å². The quantitative estimate of drug-likeness (QED) is 0.111. The molecule has 38 heavy (non-hydrogen) atoms. The fraction of sp³-hybridized carbons (Fsp3) is 0. The molecule has 0 unspecified atom stereocenters. The summed E-state index contributed by atoms with van der Waals surface area (Å²) in [5, 5.41) is 3.26. The van der Waals surface area contributed by atoms with Crippen molar-refractivity contribution in [3.05, 3.63) is 122 Å². The van der Waals surface area contributed by atoms with Gasteiger partial charge in [-0.3, -0.25) is 15.0 Å².